The highest BCUT2D eigenvalue weighted by Crippen LogP contribution is 2.50. The van der Waals surface area contributed by atoms with Gasteiger partial charge in [0.1, 0.15) is 16.9 Å². The van der Waals surface area contributed by atoms with Crippen molar-refractivity contribution in [1.82, 2.24) is 14.5 Å². The normalized spacial score (nSPS) is 13.7. The Bertz CT molecular complexity index is 2940. The number of rotatable bonds is 2. The molecule has 230 valence electrons. The molecule has 0 radical (unpaired) electrons. The van der Waals surface area contributed by atoms with Crippen LogP contribution in [-0.4, -0.2) is 14.5 Å². The second kappa shape index (κ2) is 9.42. The Morgan fingerprint density at radius 3 is 1.80 bits per heavy atom. The van der Waals surface area contributed by atoms with Gasteiger partial charge >= 0.3 is 0 Å². The van der Waals surface area contributed by atoms with Crippen LogP contribution in [0.2, 0.25) is 0 Å². The van der Waals surface area contributed by atoms with Crippen LogP contribution in [0, 0.1) is 0 Å². The number of hydrogen-bond donors (Lipinski definition) is 0. The van der Waals surface area contributed by atoms with E-state index in [0.29, 0.717) is 0 Å². The minimum atomic E-state index is -0.314. The molecule has 0 spiro atoms. The summed E-state index contributed by atoms with van der Waals surface area (Å²) < 4.78 is 8.77. The average Bonchev–Trinajstić information content (AvgIpc) is 3.74. The second-order valence-electron chi connectivity index (χ2n) is 13.8. The average molecular weight is 628 g/mol. The summed E-state index contributed by atoms with van der Waals surface area (Å²) in [6, 6.07) is 49.8. The van der Waals surface area contributed by atoms with Crippen LogP contribution in [0.4, 0.5) is 0 Å². The van der Waals surface area contributed by atoms with Gasteiger partial charge in [0.15, 0.2) is 5.82 Å². The predicted octanol–water partition coefficient (Wildman–Crippen LogP) is 11.8. The molecule has 0 bridgehead atoms. The van der Waals surface area contributed by atoms with E-state index in [1.54, 1.807) is 0 Å². The molecule has 1 aliphatic rings. The molecule has 3 aromatic heterocycles. The molecular weight excluding hydrogens is 599 g/mol. The monoisotopic (exact) mass is 627 g/mol. The maximum atomic E-state index is 6.41. The van der Waals surface area contributed by atoms with E-state index in [4.69, 9.17) is 14.4 Å². The quantitative estimate of drug-likeness (QED) is 0.192. The van der Waals surface area contributed by atoms with Crippen molar-refractivity contribution in [2.75, 3.05) is 0 Å². The Morgan fingerprint density at radius 2 is 1.08 bits per heavy atom. The molecule has 0 saturated heterocycles. The molecule has 0 N–H and O–H groups in total. The number of furan rings is 1. The highest BCUT2D eigenvalue weighted by atomic mass is 16.3. The summed E-state index contributed by atoms with van der Waals surface area (Å²) in [7, 11) is 0. The minimum absolute atomic E-state index is 0.314. The molecular formula is C45H29N3O. The minimum Gasteiger partial charge on any atom is -0.456 e. The highest BCUT2D eigenvalue weighted by Gasteiger charge is 2.39. The van der Waals surface area contributed by atoms with Gasteiger partial charge in [-0.25, -0.2) is 9.97 Å². The van der Waals surface area contributed by atoms with Gasteiger partial charge in [0.25, 0.3) is 0 Å². The van der Waals surface area contributed by atoms with E-state index < -0.39 is 0 Å². The highest BCUT2D eigenvalue weighted by molar-refractivity contribution is 6.18. The number of aromatic nitrogens is 3. The predicted molar refractivity (Wildman–Crippen MR) is 202 cm³/mol. The van der Waals surface area contributed by atoms with Gasteiger partial charge < -0.3 is 4.42 Å². The summed E-state index contributed by atoms with van der Waals surface area (Å²) in [6.07, 6.45) is 0. The standard InChI is InChI=1S/C45H29N3O/c1-45(2)35-19-9-7-16-30(35)41-43(45)46-42(32-18-11-21-39-40(32)31-17-8-10-20-38(31)49-39)44(47-41)48-36-24-28-14-5-3-12-26(28)22-33(36)34-23-27-13-4-6-15-29(27)25-37(34)48/h3-25H,1-2H3. The molecule has 0 unspecified atom stereocenters. The maximum absolute atomic E-state index is 6.41. The third-order valence-corrected chi connectivity index (χ3v) is 10.7. The molecule has 11 rings (SSSR count). The molecule has 4 nitrogen and oxygen atoms in total. The fourth-order valence-corrected chi connectivity index (χ4v) is 8.34. The first-order chi connectivity index (χ1) is 24.0. The topological polar surface area (TPSA) is 43.9 Å². The summed E-state index contributed by atoms with van der Waals surface area (Å²) in [5.74, 6) is 0.814. The van der Waals surface area contributed by atoms with Crippen LogP contribution in [-0.2, 0) is 5.41 Å². The zero-order valence-corrected chi connectivity index (χ0v) is 27.0. The Balaban J connectivity index is 1.35. The van der Waals surface area contributed by atoms with Crippen molar-refractivity contribution >= 4 is 65.3 Å². The van der Waals surface area contributed by atoms with Gasteiger partial charge in [0.05, 0.1) is 22.4 Å². The van der Waals surface area contributed by atoms with Crippen LogP contribution in [0.5, 0.6) is 0 Å². The third kappa shape index (κ3) is 3.58. The number of fused-ring (bicyclic) bond motifs is 11. The second-order valence-corrected chi connectivity index (χ2v) is 13.8. The number of nitrogens with zero attached hydrogens (tertiary/aromatic N) is 3. The van der Waals surface area contributed by atoms with Gasteiger partial charge in [-0.15, -0.1) is 0 Å². The van der Waals surface area contributed by atoms with Gasteiger partial charge in [-0.3, -0.25) is 4.57 Å². The first-order valence-electron chi connectivity index (χ1n) is 16.8. The molecule has 49 heavy (non-hydrogen) atoms. The van der Waals surface area contributed by atoms with E-state index in [1.807, 2.05) is 12.1 Å². The lowest BCUT2D eigenvalue weighted by Gasteiger charge is -2.22. The summed E-state index contributed by atoms with van der Waals surface area (Å²) in [5.41, 5.74) is 9.79. The summed E-state index contributed by atoms with van der Waals surface area (Å²) in [6.45, 7) is 4.53. The van der Waals surface area contributed by atoms with Gasteiger partial charge in [-0.05, 0) is 63.5 Å². The molecule has 4 heteroatoms. The van der Waals surface area contributed by atoms with Crippen LogP contribution in [0.15, 0.2) is 144 Å². The van der Waals surface area contributed by atoms with Crippen molar-refractivity contribution in [3.05, 3.63) is 151 Å². The molecule has 0 amide bonds. The van der Waals surface area contributed by atoms with Crippen LogP contribution in [0.1, 0.15) is 25.1 Å². The van der Waals surface area contributed by atoms with E-state index >= 15 is 0 Å². The Hall–Kier alpha value is -6.26. The van der Waals surface area contributed by atoms with Crippen LogP contribution in [0.3, 0.4) is 0 Å². The van der Waals surface area contributed by atoms with E-state index in [2.05, 4.69) is 146 Å². The molecule has 3 heterocycles. The fourth-order valence-electron chi connectivity index (χ4n) is 8.34. The van der Waals surface area contributed by atoms with Crippen molar-refractivity contribution in [2.45, 2.75) is 19.3 Å². The van der Waals surface area contributed by atoms with Gasteiger partial charge in [-0.1, -0.05) is 117 Å². The maximum Gasteiger partial charge on any atom is 0.165 e. The number of hydrogen-bond acceptors (Lipinski definition) is 3. The lowest BCUT2D eigenvalue weighted by molar-refractivity contribution is 0.635. The Kier molecular flexibility index (Phi) is 5.15. The van der Waals surface area contributed by atoms with Gasteiger partial charge in [0, 0.05) is 38.1 Å². The van der Waals surface area contributed by atoms with Gasteiger partial charge in [-0.2, -0.15) is 0 Å². The fraction of sp³-hybridized carbons (Fsp3) is 0.0667. The lowest BCUT2D eigenvalue weighted by Crippen LogP contribution is -2.18. The van der Waals surface area contributed by atoms with E-state index in [1.165, 1.54) is 37.9 Å². The molecule has 7 aromatic carbocycles. The first kappa shape index (κ1) is 26.8. The van der Waals surface area contributed by atoms with E-state index in [9.17, 15) is 0 Å². The molecule has 10 aromatic rings. The smallest absolute Gasteiger partial charge is 0.165 e. The molecule has 0 fully saturated rings. The van der Waals surface area contributed by atoms with E-state index in [0.717, 1.165) is 67.0 Å². The SMILES string of the molecule is CC1(C)c2ccccc2-c2nc(-n3c4cc5ccccc5cc4c4cc5ccccc5cc43)c(-c3cccc4oc5ccccc5c34)nc21. The Labute approximate surface area is 281 Å². The van der Waals surface area contributed by atoms with Crippen molar-refractivity contribution in [2.24, 2.45) is 0 Å². The third-order valence-electron chi connectivity index (χ3n) is 10.7. The molecule has 1 aliphatic carbocycles. The first-order valence-corrected chi connectivity index (χ1v) is 16.8. The van der Waals surface area contributed by atoms with Gasteiger partial charge in [0.2, 0.25) is 0 Å². The lowest BCUT2D eigenvalue weighted by atomic mass is 9.85. The molecule has 0 atom stereocenters. The van der Waals surface area contributed by atoms with Crippen LogP contribution >= 0.6 is 0 Å². The van der Waals surface area contributed by atoms with Crippen molar-refractivity contribution < 1.29 is 4.42 Å². The van der Waals surface area contributed by atoms with Crippen molar-refractivity contribution in [1.29, 1.82) is 0 Å². The Morgan fingerprint density at radius 1 is 0.510 bits per heavy atom. The zero-order chi connectivity index (χ0) is 32.4. The van der Waals surface area contributed by atoms with Crippen molar-refractivity contribution in [3.8, 4) is 28.3 Å². The largest absolute Gasteiger partial charge is 0.456 e. The summed E-state index contributed by atoms with van der Waals surface area (Å²) in [4.78, 5) is 11.4. The molecule has 0 saturated carbocycles. The zero-order valence-electron chi connectivity index (χ0n) is 27.0. The summed E-state index contributed by atoms with van der Waals surface area (Å²) >= 11 is 0. The molecule has 0 aliphatic heterocycles. The van der Waals surface area contributed by atoms with Crippen molar-refractivity contribution in [3.63, 3.8) is 0 Å². The van der Waals surface area contributed by atoms with E-state index in [-0.39, 0.29) is 5.41 Å². The van der Waals surface area contributed by atoms with Crippen LogP contribution in [0.25, 0.3) is 93.6 Å². The van der Waals surface area contributed by atoms with Crippen LogP contribution < -0.4 is 0 Å². The summed E-state index contributed by atoms with van der Waals surface area (Å²) in [5, 5.41) is 9.32. The number of para-hydroxylation sites is 1. The number of benzene rings is 7.